The Morgan fingerprint density at radius 1 is 0.900 bits per heavy atom. The first-order valence-corrected chi connectivity index (χ1v) is 8.88. The van der Waals surface area contributed by atoms with Gasteiger partial charge >= 0.3 is 5.97 Å². The number of ether oxygens (including phenoxy) is 1. The molecule has 1 amide bonds. The Labute approximate surface area is 167 Å². The minimum absolute atomic E-state index is 0.290. The highest BCUT2D eigenvalue weighted by molar-refractivity contribution is 6.02. The third-order valence-corrected chi connectivity index (χ3v) is 4.42. The van der Waals surface area contributed by atoms with Crippen molar-refractivity contribution in [1.82, 2.24) is 5.01 Å². The predicted octanol–water partition coefficient (Wildman–Crippen LogP) is 3.84. The number of carbonyl (C=O) groups excluding carboxylic acids is 2. The Bertz CT molecular complexity index is 982. The molecule has 5 nitrogen and oxygen atoms in total. The van der Waals surface area contributed by atoms with Gasteiger partial charge in [-0.25, -0.2) is 27.0 Å². The number of nitrogens with zero attached hydrogens (tertiary/aromatic N) is 2. The van der Waals surface area contributed by atoms with Crippen LogP contribution in [0.2, 0.25) is 0 Å². The van der Waals surface area contributed by atoms with Crippen molar-refractivity contribution in [2.45, 2.75) is 25.9 Å². The van der Waals surface area contributed by atoms with Crippen molar-refractivity contribution >= 4 is 17.6 Å². The molecule has 1 aliphatic heterocycles. The summed E-state index contributed by atoms with van der Waals surface area (Å²) in [5.41, 5.74) is 0.329. The monoisotopic (exact) mass is 426 g/mol. The summed E-state index contributed by atoms with van der Waals surface area (Å²) in [6.07, 6.45) is -0.192. The van der Waals surface area contributed by atoms with Crippen molar-refractivity contribution < 1.29 is 36.3 Å². The Kier molecular flexibility index (Phi) is 6.43. The minimum Gasteiger partial charge on any atom is -0.461 e. The first-order chi connectivity index (χ1) is 14.3. The van der Waals surface area contributed by atoms with Crippen molar-refractivity contribution in [3.63, 3.8) is 0 Å². The van der Waals surface area contributed by atoms with E-state index in [2.05, 4.69) is 9.84 Å². The van der Waals surface area contributed by atoms with Gasteiger partial charge in [-0.3, -0.25) is 9.59 Å². The smallest absolute Gasteiger partial charge is 0.306 e. The molecular weight excluding hydrogens is 411 g/mol. The zero-order valence-corrected chi connectivity index (χ0v) is 15.4. The van der Waals surface area contributed by atoms with Crippen molar-refractivity contribution in [3.05, 3.63) is 70.5 Å². The molecule has 1 aliphatic rings. The van der Waals surface area contributed by atoms with Crippen molar-refractivity contribution in [2.75, 3.05) is 6.54 Å². The lowest BCUT2D eigenvalue weighted by Gasteiger charge is -2.11. The van der Waals surface area contributed by atoms with Gasteiger partial charge < -0.3 is 4.74 Å². The van der Waals surface area contributed by atoms with Crippen LogP contribution in [0.25, 0.3) is 0 Å². The van der Waals surface area contributed by atoms with E-state index in [1.54, 1.807) is 0 Å². The van der Waals surface area contributed by atoms with Gasteiger partial charge in [0.25, 0.3) is 0 Å². The number of hydrogen-bond acceptors (Lipinski definition) is 4. The molecule has 0 N–H and O–H groups in total. The van der Waals surface area contributed by atoms with Crippen LogP contribution in [0.1, 0.15) is 30.4 Å². The normalized spacial score (nSPS) is 13.4. The number of hydrazone groups is 1. The van der Waals surface area contributed by atoms with Crippen molar-refractivity contribution in [3.8, 4) is 0 Å². The molecule has 0 atom stereocenters. The predicted molar refractivity (Wildman–Crippen MR) is 94.6 cm³/mol. The summed E-state index contributed by atoms with van der Waals surface area (Å²) in [4.78, 5) is 23.9. The standard InChI is InChI=1S/C20H15F5N2O3/c21-16-12(17(22)19(24)20(25)18(16)23)10-30-15(29)7-6-14(28)27-9-8-13(26-27)11-4-2-1-3-5-11/h1-5H,6-10H2. The molecule has 0 aromatic heterocycles. The van der Waals surface area contributed by atoms with Gasteiger partial charge in [0.1, 0.15) is 6.61 Å². The summed E-state index contributed by atoms with van der Waals surface area (Å²) >= 11 is 0. The number of carbonyl (C=O) groups is 2. The van der Waals surface area contributed by atoms with Crippen LogP contribution in [0.3, 0.4) is 0 Å². The van der Waals surface area contributed by atoms with E-state index in [1.165, 1.54) is 5.01 Å². The van der Waals surface area contributed by atoms with Crippen LogP contribution >= 0.6 is 0 Å². The second-order valence-electron chi connectivity index (χ2n) is 6.39. The molecule has 1 heterocycles. The van der Waals surface area contributed by atoms with Gasteiger partial charge in [0, 0.05) is 12.8 Å². The number of rotatable bonds is 6. The fraction of sp³-hybridized carbons (Fsp3) is 0.250. The van der Waals surface area contributed by atoms with Crippen molar-refractivity contribution in [2.24, 2.45) is 5.10 Å². The van der Waals surface area contributed by atoms with E-state index in [0.29, 0.717) is 13.0 Å². The Morgan fingerprint density at radius 3 is 2.13 bits per heavy atom. The molecule has 2 aromatic rings. The van der Waals surface area contributed by atoms with Crippen LogP contribution in [-0.2, 0) is 20.9 Å². The van der Waals surface area contributed by atoms with E-state index >= 15 is 0 Å². The van der Waals surface area contributed by atoms with E-state index in [9.17, 15) is 31.5 Å². The quantitative estimate of drug-likeness (QED) is 0.305. The number of esters is 1. The maximum absolute atomic E-state index is 13.6. The molecule has 30 heavy (non-hydrogen) atoms. The first-order valence-electron chi connectivity index (χ1n) is 8.88. The topological polar surface area (TPSA) is 59.0 Å². The average Bonchev–Trinajstić information content (AvgIpc) is 3.25. The molecule has 0 fully saturated rings. The summed E-state index contributed by atoms with van der Waals surface area (Å²) in [6.45, 7) is -0.818. The second-order valence-corrected chi connectivity index (χ2v) is 6.39. The summed E-state index contributed by atoms with van der Waals surface area (Å²) in [7, 11) is 0. The van der Waals surface area contributed by atoms with Gasteiger partial charge in [0.15, 0.2) is 23.3 Å². The molecule has 0 saturated carbocycles. The number of hydrogen-bond donors (Lipinski definition) is 0. The molecular formula is C20H15F5N2O3. The highest BCUT2D eigenvalue weighted by atomic mass is 19.2. The van der Waals surface area contributed by atoms with Gasteiger partial charge in [-0.1, -0.05) is 30.3 Å². The number of amides is 1. The van der Waals surface area contributed by atoms with E-state index < -0.39 is 59.6 Å². The average molecular weight is 426 g/mol. The summed E-state index contributed by atoms with van der Waals surface area (Å²) in [6, 6.07) is 9.22. The number of halogens is 5. The maximum atomic E-state index is 13.6. The van der Waals surface area contributed by atoms with E-state index in [4.69, 9.17) is 0 Å². The SMILES string of the molecule is O=C(CCC(=O)N1CCC(c2ccccc2)=N1)OCc1c(F)c(F)c(F)c(F)c1F. The molecule has 0 spiro atoms. The molecule has 2 aromatic carbocycles. The lowest BCUT2D eigenvalue weighted by Crippen LogP contribution is -2.24. The van der Waals surface area contributed by atoms with Crippen LogP contribution < -0.4 is 0 Å². The summed E-state index contributed by atoms with van der Waals surface area (Å²) in [5.74, 6) is -12.2. The third kappa shape index (κ3) is 4.47. The Hall–Kier alpha value is -3.30. The molecule has 3 rings (SSSR count). The Balaban J connectivity index is 1.53. The van der Waals surface area contributed by atoms with E-state index in [-0.39, 0.29) is 6.42 Å². The fourth-order valence-corrected chi connectivity index (χ4v) is 2.81. The van der Waals surface area contributed by atoms with Crippen LogP contribution in [0.15, 0.2) is 35.4 Å². The van der Waals surface area contributed by atoms with Crippen molar-refractivity contribution in [1.29, 1.82) is 0 Å². The van der Waals surface area contributed by atoms with Crippen LogP contribution in [0.5, 0.6) is 0 Å². The van der Waals surface area contributed by atoms with Gasteiger partial charge in [-0.2, -0.15) is 5.10 Å². The van der Waals surface area contributed by atoms with Crippen LogP contribution in [0.4, 0.5) is 22.0 Å². The van der Waals surface area contributed by atoms with E-state index in [0.717, 1.165) is 11.3 Å². The lowest BCUT2D eigenvalue weighted by molar-refractivity contribution is -0.147. The third-order valence-electron chi connectivity index (χ3n) is 4.42. The molecule has 0 saturated heterocycles. The van der Waals surface area contributed by atoms with Gasteiger partial charge in [0.05, 0.1) is 24.2 Å². The highest BCUT2D eigenvalue weighted by Crippen LogP contribution is 2.24. The minimum atomic E-state index is -2.30. The van der Waals surface area contributed by atoms with Gasteiger partial charge in [0.2, 0.25) is 11.7 Å². The highest BCUT2D eigenvalue weighted by Gasteiger charge is 2.27. The molecule has 10 heteroatoms. The van der Waals surface area contributed by atoms with E-state index in [1.807, 2.05) is 30.3 Å². The van der Waals surface area contributed by atoms with Gasteiger partial charge in [-0.15, -0.1) is 0 Å². The Morgan fingerprint density at radius 2 is 1.50 bits per heavy atom. The molecule has 0 unspecified atom stereocenters. The molecule has 0 bridgehead atoms. The van der Waals surface area contributed by atoms with Crippen LogP contribution in [0, 0.1) is 29.1 Å². The zero-order chi connectivity index (χ0) is 21.8. The summed E-state index contributed by atoms with van der Waals surface area (Å²) < 4.78 is 71.0. The lowest BCUT2D eigenvalue weighted by atomic mass is 10.1. The van der Waals surface area contributed by atoms with Crippen LogP contribution in [-0.4, -0.2) is 29.1 Å². The zero-order valence-electron chi connectivity index (χ0n) is 15.4. The molecule has 158 valence electrons. The first kappa shape index (κ1) is 21.4. The maximum Gasteiger partial charge on any atom is 0.306 e. The fourth-order valence-electron chi connectivity index (χ4n) is 2.81. The largest absolute Gasteiger partial charge is 0.461 e. The molecule has 0 radical (unpaired) electrons. The summed E-state index contributed by atoms with van der Waals surface area (Å²) in [5, 5.41) is 5.42. The number of benzene rings is 2. The van der Waals surface area contributed by atoms with Gasteiger partial charge in [-0.05, 0) is 5.56 Å². The second kappa shape index (κ2) is 9.02. The molecule has 0 aliphatic carbocycles.